The fourth-order valence-electron chi connectivity index (χ4n) is 4.40. The van der Waals surface area contributed by atoms with E-state index in [0.29, 0.717) is 0 Å². The molecule has 2 heteroatoms. The number of rotatable bonds is 16. The molecule has 0 spiro atoms. The minimum Gasteiger partial charge on any atom is -0.297 e. The zero-order chi connectivity index (χ0) is 26.8. The van der Waals surface area contributed by atoms with Gasteiger partial charge >= 0.3 is 0 Å². The van der Waals surface area contributed by atoms with Gasteiger partial charge in [0.2, 0.25) is 0 Å². The van der Waals surface area contributed by atoms with E-state index in [9.17, 15) is 0 Å². The molecule has 0 aromatic carbocycles. The van der Waals surface area contributed by atoms with E-state index in [4.69, 9.17) is 0 Å². The van der Waals surface area contributed by atoms with Crippen molar-refractivity contribution in [2.75, 3.05) is 39.3 Å². The zero-order valence-corrected chi connectivity index (χ0v) is 25.3. The summed E-state index contributed by atoms with van der Waals surface area (Å²) < 4.78 is 0. The molecule has 0 aromatic heterocycles. The molecule has 2 nitrogen and oxygen atoms in total. The molecule has 0 amide bonds. The zero-order valence-electron chi connectivity index (χ0n) is 25.3. The fraction of sp³-hybridized carbons (Fsp3) is 0.647. The molecule has 1 fully saturated rings. The molecule has 1 heterocycles. The number of hydrogen-bond acceptors (Lipinski definition) is 2. The van der Waals surface area contributed by atoms with Crippen molar-refractivity contribution in [3.05, 3.63) is 69.9 Å². The molecular weight excluding hydrogens is 436 g/mol. The summed E-state index contributed by atoms with van der Waals surface area (Å²) in [5, 5.41) is 0. The highest BCUT2D eigenvalue weighted by molar-refractivity contribution is 5.07. The summed E-state index contributed by atoms with van der Waals surface area (Å²) in [5.74, 6) is 0. The molecule has 0 radical (unpaired) electrons. The van der Waals surface area contributed by atoms with Crippen LogP contribution in [-0.2, 0) is 0 Å². The van der Waals surface area contributed by atoms with Crippen LogP contribution >= 0.6 is 0 Å². The van der Waals surface area contributed by atoms with Gasteiger partial charge in [0.05, 0.1) is 0 Å². The highest BCUT2D eigenvalue weighted by atomic mass is 15.3. The van der Waals surface area contributed by atoms with Gasteiger partial charge in [-0.3, -0.25) is 9.80 Å². The molecule has 0 bridgehead atoms. The number of allylic oxidation sites excluding steroid dienone is 10. The third kappa shape index (κ3) is 17.7. The van der Waals surface area contributed by atoms with Gasteiger partial charge in [0.1, 0.15) is 0 Å². The molecule has 1 rings (SSSR count). The molecule has 36 heavy (non-hydrogen) atoms. The van der Waals surface area contributed by atoms with Gasteiger partial charge in [-0.05, 0) is 107 Å². The van der Waals surface area contributed by atoms with Crippen LogP contribution in [0.1, 0.15) is 107 Å². The third-order valence-electron chi connectivity index (χ3n) is 7.11. The Hall–Kier alpha value is -1.64. The van der Waals surface area contributed by atoms with Gasteiger partial charge in [-0.1, -0.05) is 69.9 Å². The normalized spacial score (nSPS) is 16.9. The quantitative estimate of drug-likeness (QED) is 0.197. The lowest BCUT2D eigenvalue weighted by Gasteiger charge is -2.33. The molecule has 1 saturated heterocycles. The van der Waals surface area contributed by atoms with Crippen molar-refractivity contribution >= 4 is 0 Å². The van der Waals surface area contributed by atoms with Crippen molar-refractivity contribution in [3.8, 4) is 0 Å². The predicted octanol–water partition coefficient (Wildman–Crippen LogP) is 9.44. The van der Waals surface area contributed by atoms with Gasteiger partial charge in [-0.15, -0.1) is 0 Å². The first-order chi connectivity index (χ1) is 17.2. The standard InChI is InChI=1S/C34H58N2/c1-29(2)13-9-15-31(5)17-11-19-33(7)21-23-35-25-27-36(28-26-35)24-22-34(8)20-12-18-32(6)16-10-14-30(3)4/h13-14,17-18,21-22H,9-12,15-16,19-20,23-28H2,1-8H3. The SMILES string of the molecule is CC(C)=CCCC(C)=CCCC(C)=CCN1CCN(CC=C(C)CCC=C(C)CCC=C(C)C)CC1. The number of hydrogen-bond donors (Lipinski definition) is 0. The lowest BCUT2D eigenvalue weighted by Crippen LogP contribution is -2.46. The Labute approximate surface area is 225 Å². The van der Waals surface area contributed by atoms with Crippen molar-refractivity contribution in [1.29, 1.82) is 0 Å². The van der Waals surface area contributed by atoms with Crippen LogP contribution in [0.3, 0.4) is 0 Å². The van der Waals surface area contributed by atoms with E-state index in [1.165, 1.54) is 111 Å². The summed E-state index contributed by atoms with van der Waals surface area (Å²) in [6.45, 7) is 24.9. The molecule has 0 unspecified atom stereocenters. The topological polar surface area (TPSA) is 6.48 Å². The highest BCUT2D eigenvalue weighted by Gasteiger charge is 2.14. The van der Waals surface area contributed by atoms with Crippen LogP contribution in [0.5, 0.6) is 0 Å². The molecule has 0 N–H and O–H groups in total. The lowest BCUT2D eigenvalue weighted by atomic mass is 10.1. The Kier molecular flexibility index (Phi) is 17.5. The molecule has 0 aliphatic carbocycles. The van der Waals surface area contributed by atoms with E-state index in [1.807, 2.05) is 0 Å². The minimum absolute atomic E-state index is 1.11. The van der Waals surface area contributed by atoms with E-state index in [2.05, 4.69) is 102 Å². The molecule has 0 atom stereocenters. The van der Waals surface area contributed by atoms with Crippen molar-refractivity contribution in [1.82, 2.24) is 9.80 Å². The smallest absolute Gasteiger partial charge is 0.0166 e. The Morgan fingerprint density at radius 2 is 0.694 bits per heavy atom. The molecule has 1 aliphatic rings. The average Bonchev–Trinajstić information content (AvgIpc) is 2.81. The van der Waals surface area contributed by atoms with E-state index < -0.39 is 0 Å². The second kappa shape index (κ2) is 19.5. The summed E-state index contributed by atoms with van der Waals surface area (Å²) in [4.78, 5) is 5.22. The Morgan fingerprint density at radius 3 is 1.00 bits per heavy atom. The van der Waals surface area contributed by atoms with E-state index >= 15 is 0 Å². The van der Waals surface area contributed by atoms with Crippen LogP contribution in [-0.4, -0.2) is 49.1 Å². The Balaban J connectivity index is 2.23. The van der Waals surface area contributed by atoms with Gasteiger partial charge in [-0.2, -0.15) is 0 Å². The summed E-state index contributed by atoms with van der Waals surface area (Å²) in [7, 11) is 0. The van der Waals surface area contributed by atoms with E-state index in [-0.39, 0.29) is 0 Å². The fourth-order valence-corrected chi connectivity index (χ4v) is 4.40. The first-order valence-corrected chi connectivity index (χ1v) is 14.5. The average molecular weight is 495 g/mol. The number of nitrogens with zero attached hydrogens (tertiary/aromatic N) is 2. The largest absolute Gasteiger partial charge is 0.297 e. The first kappa shape index (κ1) is 32.4. The molecule has 0 saturated carbocycles. The molecular formula is C34H58N2. The van der Waals surface area contributed by atoms with Crippen LogP contribution in [0.15, 0.2) is 69.9 Å². The Morgan fingerprint density at radius 1 is 0.417 bits per heavy atom. The van der Waals surface area contributed by atoms with Crippen molar-refractivity contribution < 1.29 is 0 Å². The maximum atomic E-state index is 2.61. The van der Waals surface area contributed by atoms with E-state index in [0.717, 1.165) is 13.1 Å². The van der Waals surface area contributed by atoms with E-state index in [1.54, 1.807) is 0 Å². The van der Waals surface area contributed by atoms with Crippen LogP contribution in [0.2, 0.25) is 0 Å². The monoisotopic (exact) mass is 494 g/mol. The maximum Gasteiger partial charge on any atom is 0.0166 e. The summed E-state index contributed by atoms with van der Waals surface area (Å²) >= 11 is 0. The van der Waals surface area contributed by atoms with Crippen LogP contribution < -0.4 is 0 Å². The van der Waals surface area contributed by atoms with Crippen LogP contribution in [0, 0.1) is 0 Å². The first-order valence-electron chi connectivity index (χ1n) is 14.5. The van der Waals surface area contributed by atoms with Crippen LogP contribution in [0.25, 0.3) is 0 Å². The molecule has 204 valence electrons. The second-order valence-electron chi connectivity index (χ2n) is 11.5. The highest BCUT2D eigenvalue weighted by Crippen LogP contribution is 2.13. The summed E-state index contributed by atoms with van der Waals surface area (Å²) in [5.41, 5.74) is 8.98. The van der Waals surface area contributed by atoms with Gasteiger partial charge in [0.25, 0.3) is 0 Å². The number of piperazine rings is 1. The van der Waals surface area contributed by atoms with Gasteiger partial charge in [0, 0.05) is 39.3 Å². The lowest BCUT2D eigenvalue weighted by molar-refractivity contribution is 0.153. The molecule has 1 aliphatic heterocycles. The second-order valence-corrected chi connectivity index (χ2v) is 11.5. The summed E-state index contributed by atoms with van der Waals surface area (Å²) in [6, 6.07) is 0. The molecule has 0 aromatic rings. The Bertz CT molecular complexity index is 719. The van der Waals surface area contributed by atoms with Gasteiger partial charge in [-0.25, -0.2) is 0 Å². The third-order valence-corrected chi connectivity index (χ3v) is 7.11. The van der Waals surface area contributed by atoms with Crippen molar-refractivity contribution in [3.63, 3.8) is 0 Å². The predicted molar refractivity (Wildman–Crippen MR) is 164 cm³/mol. The van der Waals surface area contributed by atoms with Crippen molar-refractivity contribution in [2.24, 2.45) is 0 Å². The van der Waals surface area contributed by atoms with Gasteiger partial charge < -0.3 is 0 Å². The maximum absolute atomic E-state index is 2.61. The minimum atomic E-state index is 1.11. The summed E-state index contributed by atoms with van der Waals surface area (Å²) in [6.07, 6.45) is 23.9. The van der Waals surface area contributed by atoms with Crippen molar-refractivity contribution in [2.45, 2.75) is 107 Å². The van der Waals surface area contributed by atoms with Crippen LogP contribution in [0.4, 0.5) is 0 Å². The van der Waals surface area contributed by atoms with Gasteiger partial charge in [0.15, 0.2) is 0 Å².